The van der Waals surface area contributed by atoms with Crippen LogP contribution in [-0.2, 0) is 4.79 Å². The highest BCUT2D eigenvalue weighted by Crippen LogP contribution is 2.08. The molecule has 0 aliphatic carbocycles. The average molecular weight is 281 g/mol. The summed E-state index contributed by atoms with van der Waals surface area (Å²) in [5.74, 6) is 0.310. The van der Waals surface area contributed by atoms with Gasteiger partial charge in [0.2, 0.25) is 11.7 Å². The maximum absolute atomic E-state index is 12.1. The molecule has 0 saturated heterocycles. The van der Waals surface area contributed by atoms with E-state index in [2.05, 4.69) is 20.5 Å². The summed E-state index contributed by atoms with van der Waals surface area (Å²) in [6, 6.07) is 0. The zero-order valence-corrected chi connectivity index (χ0v) is 12.9. The molecule has 0 aliphatic rings. The highest BCUT2D eigenvalue weighted by Gasteiger charge is 2.21. The highest BCUT2D eigenvalue weighted by atomic mass is 16.2. The molecule has 2 N–H and O–H groups in total. The second kappa shape index (κ2) is 6.02. The molecule has 0 saturated carbocycles. The van der Waals surface area contributed by atoms with E-state index in [4.69, 9.17) is 0 Å². The monoisotopic (exact) mass is 281 g/mol. The Morgan fingerprint density at radius 2 is 1.95 bits per heavy atom. The maximum Gasteiger partial charge on any atom is 0.293 e. The number of nitrogens with one attached hydrogen (secondary N) is 2. The maximum atomic E-state index is 12.1. The topological polar surface area (TPSA) is 91.0 Å². The van der Waals surface area contributed by atoms with Crippen molar-refractivity contribution < 1.29 is 9.59 Å². The smallest absolute Gasteiger partial charge is 0.293 e. The number of carbonyl (C=O) groups is 2. The number of hydrogen-bond acceptors (Lipinski definition) is 4. The van der Waals surface area contributed by atoms with E-state index in [1.807, 2.05) is 34.6 Å². The lowest BCUT2D eigenvalue weighted by Crippen LogP contribution is -2.46. The van der Waals surface area contributed by atoms with Gasteiger partial charge in [-0.3, -0.25) is 14.7 Å². The van der Waals surface area contributed by atoms with Crippen molar-refractivity contribution in [3.8, 4) is 0 Å². The lowest BCUT2D eigenvalue weighted by atomic mass is 10.1. The molecule has 0 spiro atoms. The van der Waals surface area contributed by atoms with Gasteiger partial charge in [0.25, 0.3) is 5.91 Å². The van der Waals surface area contributed by atoms with Crippen molar-refractivity contribution in [2.75, 3.05) is 13.6 Å². The molecule has 112 valence electrons. The molecule has 0 atom stereocenters. The summed E-state index contributed by atoms with van der Waals surface area (Å²) < 4.78 is 0. The summed E-state index contributed by atoms with van der Waals surface area (Å²) >= 11 is 0. The van der Waals surface area contributed by atoms with Crippen LogP contribution < -0.4 is 5.32 Å². The van der Waals surface area contributed by atoms with E-state index in [9.17, 15) is 9.59 Å². The highest BCUT2D eigenvalue weighted by molar-refractivity contribution is 5.93. The van der Waals surface area contributed by atoms with Gasteiger partial charge in [0.1, 0.15) is 5.82 Å². The second-order valence-electron chi connectivity index (χ2n) is 6.16. The quantitative estimate of drug-likeness (QED) is 0.858. The van der Waals surface area contributed by atoms with Crippen LogP contribution in [-0.4, -0.2) is 51.0 Å². The first kappa shape index (κ1) is 16.1. The molecule has 7 nitrogen and oxygen atoms in total. The third kappa shape index (κ3) is 4.64. The van der Waals surface area contributed by atoms with Crippen molar-refractivity contribution in [3.63, 3.8) is 0 Å². The molecule has 1 rings (SSSR count). The van der Waals surface area contributed by atoms with E-state index in [1.54, 1.807) is 7.05 Å². The molecular formula is C13H23N5O2. The first-order valence-electron chi connectivity index (χ1n) is 6.59. The summed E-state index contributed by atoms with van der Waals surface area (Å²) in [5, 5.41) is 9.40. The number of carbonyl (C=O) groups excluding carboxylic acids is 2. The number of hydrogen-bond donors (Lipinski definition) is 2. The van der Waals surface area contributed by atoms with E-state index in [0.717, 1.165) is 0 Å². The summed E-state index contributed by atoms with van der Waals surface area (Å²) in [5.41, 5.74) is -0.323. The van der Waals surface area contributed by atoms with Crippen molar-refractivity contribution in [2.45, 2.75) is 46.1 Å². The molecule has 0 radical (unpaired) electrons. The lowest BCUT2D eigenvalue weighted by Gasteiger charge is -2.22. The molecule has 0 aliphatic heterocycles. The van der Waals surface area contributed by atoms with E-state index in [0.29, 0.717) is 5.82 Å². The van der Waals surface area contributed by atoms with Crippen LogP contribution >= 0.6 is 0 Å². The van der Waals surface area contributed by atoms with Crippen molar-refractivity contribution in [3.05, 3.63) is 11.6 Å². The van der Waals surface area contributed by atoms with Gasteiger partial charge in [-0.25, -0.2) is 4.98 Å². The standard InChI is InChI=1S/C13H23N5O2/c1-8(2)10-14-11(17-16-10)12(20)18(6)7-9(19)15-13(3,4)5/h8H,7H2,1-6H3,(H,15,19)(H,14,16,17). The largest absolute Gasteiger partial charge is 0.350 e. The van der Waals surface area contributed by atoms with Crippen LogP contribution in [0.4, 0.5) is 0 Å². The number of likely N-dealkylation sites (N-methyl/N-ethyl adjacent to an activating group) is 1. The van der Waals surface area contributed by atoms with Crippen LogP contribution in [0.2, 0.25) is 0 Å². The predicted molar refractivity (Wildman–Crippen MR) is 75.3 cm³/mol. The lowest BCUT2D eigenvalue weighted by molar-refractivity contribution is -0.122. The Morgan fingerprint density at radius 3 is 2.40 bits per heavy atom. The van der Waals surface area contributed by atoms with Crippen molar-refractivity contribution in [1.29, 1.82) is 0 Å². The first-order chi connectivity index (χ1) is 9.10. The van der Waals surface area contributed by atoms with Crippen LogP contribution in [0.5, 0.6) is 0 Å². The third-order valence-electron chi connectivity index (χ3n) is 2.48. The van der Waals surface area contributed by atoms with Crippen LogP contribution in [0.1, 0.15) is 57.0 Å². The number of H-pyrrole nitrogens is 1. The van der Waals surface area contributed by atoms with E-state index >= 15 is 0 Å². The molecule has 0 bridgehead atoms. The van der Waals surface area contributed by atoms with Gasteiger partial charge in [0, 0.05) is 18.5 Å². The normalized spacial score (nSPS) is 11.6. The summed E-state index contributed by atoms with van der Waals surface area (Å²) in [7, 11) is 1.55. The molecule has 20 heavy (non-hydrogen) atoms. The van der Waals surface area contributed by atoms with Gasteiger partial charge in [-0.15, -0.1) is 5.10 Å². The molecule has 2 amide bonds. The van der Waals surface area contributed by atoms with E-state index in [1.165, 1.54) is 4.90 Å². The van der Waals surface area contributed by atoms with E-state index < -0.39 is 0 Å². The molecule has 1 aromatic rings. The summed E-state index contributed by atoms with van der Waals surface area (Å²) in [4.78, 5) is 29.3. The second-order valence-corrected chi connectivity index (χ2v) is 6.16. The Balaban J connectivity index is 2.64. The van der Waals surface area contributed by atoms with Gasteiger partial charge in [0.15, 0.2) is 0 Å². The fourth-order valence-electron chi connectivity index (χ4n) is 1.54. The number of nitrogens with zero attached hydrogens (tertiary/aromatic N) is 3. The number of aromatic nitrogens is 3. The van der Waals surface area contributed by atoms with Gasteiger partial charge < -0.3 is 10.2 Å². The van der Waals surface area contributed by atoms with Gasteiger partial charge in [0.05, 0.1) is 6.54 Å². The molecule has 0 aromatic carbocycles. The summed E-state index contributed by atoms with van der Waals surface area (Å²) in [6.07, 6.45) is 0. The molecule has 1 heterocycles. The van der Waals surface area contributed by atoms with E-state index in [-0.39, 0.29) is 35.6 Å². The Hall–Kier alpha value is -1.92. The Bertz CT molecular complexity index is 487. The molecular weight excluding hydrogens is 258 g/mol. The number of aromatic amines is 1. The Kier molecular flexibility index (Phi) is 4.86. The van der Waals surface area contributed by atoms with Gasteiger partial charge in [-0.05, 0) is 20.8 Å². The van der Waals surface area contributed by atoms with Gasteiger partial charge >= 0.3 is 0 Å². The Labute approximate surface area is 119 Å². The van der Waals surface area contributed by atoms with Crippen LogP contribution in [0.15, 0.2) is 0 Å². The molecule has 0 fully saturated rings. The van der Waals surface area contributed by atoms with Gasteiger partial charge in [-0.2, -0.15) is 0 Å². The van der Waals surface area contributed by atoms with Crippen LogP contribution in [0.3, 0.4) is 0 Å². The average Bonchev–Trinajstić information content (AvgIpc) is 2.74. The summed E-state index contributed by atoms with van der Waals surface area (Å²) in [6.45, 7) is 9.54. The molecule has 1 aromatic heterocycles. The van der Waals surface area contributed by atoms with Crippen molar-refractivity contribution in [1.82, 2.24) is 25.4 Å². The third-order valence-corrected chi connectivity index (χ3v) is 2.48. The SMILES string of the molecule is CC(C)c1nc(C(=O)N(C)CC(=O)NC(C)(C)C)n[nH]1. The zero-order chi connectivity index (χ0) is 15.5. The van der Waals surface area contributed by atoms with Gasteiger partial charge in [-0.1, -0.05) is 13.8 Å². The Morgan fingerprint density at radius 1 is 1.35 bits per heavy atom. The minimum atomic E-state index is -0.378. The molecule has 7 heteroatoms. The minimum absolute atomic E-state index is 0.0261. The molecule has 0 unspecified atom stereocenters. The predicted octanol–water partition coefficient (Wildman–Crippen LogP) is 0.915. The number of amides is 2. The van der Waals surface area contributed by atoms with Crippen molar-refractivity contribution in [2.24, 2.45) is 0 Å². The fraction of sp³-hybridized carbons (Fsp3) is 0.692. The minimum Gasteiger partial charge on any atom is -0.350 e. The first-order valence-corrected chi connectivity index (χ1v) is 6.59. The zero-order valence-electron chi connectivity index (χ0n) is 12.9. The number of rotatable bonds is 4. The van der Waals surface area contributed by atoms with Crippen LogP contribution in [0.25, 0.3) is 0 Å². The van der Waals surface area contributed by atoms with Crippen molar-refractivity contribution >= 4 is 11.8 Å². The fourth-order valence-corrected chi connectivity index (χ4v) is 1.54. The van der Waals surface area contributed by atoms with Crippen LogP contribution in [0, 0.1) is 0 Å².